The first-order valence-corrected chi connectivity index (χ1v) is 11.2. The number of hydrogen-bond donors (Lipinski definition) is 2. The predicted octanol–water partition coefficient (Wildman–Crippen LogP) is 2.28. The number of halogens is 1. The van der Waals surface area contributed by atoms with Gasteiger partial charge in [-0.25, -0.2) is 9.37 Å². The molecule has 2 N–H and O–H groups in total. The highest BCUT2D eigenvalue weighted by Crippen LogP contribution is 2.35. The molecule has 33 heavy (non-hydrogen) atoms. The van der Waals surface area contributed by atoms with Crippen molar-refractivity contribution in [2.75, 3.05) is 38.3 Å². The van der Waals surface area contributed by atoms with Crippen LogP contribution in [0, 0.1) is 5.82 Å². The summed E-state index contributed by atoms with van der Waals surface area (Å²) in [5.74, 6) is 1.10. The molecule has 0 aliphatic carbocycles. The average molecular weight is 456 g/mol. The predicted molar refractivity (Wildman–Crippen MR) is 117 cm³/mol. The molecule has 3 aliphatic rings. The van der Waals surface area contributed by atoms with Crippen molar-refractivity contribution in [3.8, 4) is 23.0 Å². The molecule has 0 saturated carbocycles. The zero-order valence-corrected chi connectivity index (χ0v) is 18.2. The number of nitrogens with zero attached hydrogens (tertiary/aromatic N) is 3. The Morgan fingerprint density at radius 3 is 2.76 bits per heavy atom. The van der Waals surface area contributed by atoms with E-state index in [1.807, 2.05) is 6.07 Å². The number of nitrogens with one attached hydrogen (secondary N) is 1. The summed E-state index contributed by atoms with van der Waals surface area (Å²) in [7, 11) is 1.53. The maximum absolute atomic E-state index is 15.1. The smallest absolute Gasteiger partial charge is 0.224 e. The molecule has 3 aromatic rings. The number of methoxy groups -OCH3 is 1. The van der Waals surface area contributed by atoms with Crippen molar-refractivity contribution in [2.45, 2.75) is 37.3 Å². The van der Waals surface area contributed by atoms with Gasteiger partial charge in [-0.15, -0.1) is 0 Å². The summed E-state index contributed by atoms with van der Waals surface area (Å²) >= 11 is 0. The minimum atomic E-state index is -0.648. The zero-order chi connectivity index (χ0) is 22.5. The van der Waals surface area contributed by atoms with Crippen molar-refractivity contribution in [1.29, 1.82) is 0 Å². The molecule has 174 valence electrons. The molecule has 0 unspecified atom stereocenters. The molecule has 0 amide bonds. The minimum absolute atomic E-state index is 0.164. The number of fused-ring (bicyclic) bond motifs is 2. The van der Waals surface area contributed by atoms with Gasteiger partial charge in [0, 0.05) is 25.2 Å². The Kier molecular flexibility index (Phi) is 5.08. The fraction of sp³-hybridized carbons (Fsp3) is 0.478. The Hall–Kier alpha value is -2.95. The second kappa shape index (κ2) is 8.12. The summed E-state index contributed by atoms with van der Waals surface area (Å²) < 4.78 is 37.8. The molecule has 6 heterocycles. The Bertz CT molecular complexity index is 1180. The lowest BCUT2D eigenvalue weighted by molar-refractivity contribution is 0.00794. The summed E-state index contributed by atoms with van der Waals surface area (Å²) in [6.45, 7) is 2.45. The molecule has 0 bridgehead atoms. The van der Waals surface area contributed by atoms with E-state index in [0.29, 0.717) is 35.0 Å². The maximum atomic E-state index is 15.1. The number of aliphatic hydroxyl groups excluding tert-OH is 1. The van der Waals surface area contributed by atoms with Gasteiger partial charge in [0.25, 0.3) is 0 Å². The summed E-state index contributed by atoms with van der Waals surface area (Å²) in [4.78, 5) is 14.4. The number of aromatic amines is 1. The Morgan fingerprint density at radius 1 is 1.12 bits per heavy atom. The van der Waals surface area contributed by atoms with E-state index in [9.17, 15) is 5.11 Å². The van der Waals surface area contributed by atoms with Gasteiger partial charge in [-0.05, 0) is 25.0 Å². The molecule has 6 rings (SSSR count). The molecule has 10 heteroatoms. The first-order valence-electron chi connectivity index (χ1n) is 11.2. The third kappa shape index (κ3) is 3.58. The maximum Gasteiger partial charge on any atom is 0.224 e. The fourth-order valence-corrected chi connectivity index (χ4v) is 4.86. The van der Waals surface area contributed by atoms with Gasteiger partial charge in [0.05, 0.1) is 36.9 Å². The van der Waals surface area contributed by atoms with Gasteiger partial charge >= 0.3 is 0 Å². The standard InChI is InChI=1S/C23H25FN4O5/c1-30-23-12(4-5-18(27-23)28-6-2-3-7-28)20-13(24)8-14-15(26-20)9-19(25-14)33-17-11-32-21-16(29)10-31-22(17)21/h4-5,8-9,16-17,21-22,25,29H,2-3,6-7,10-11H2,1H3/t16-,17-,21-,22-/m1/s1. The first kappa shape index (κ1) is 20.6. The number of hydrogen-bond acceptors (Lipinski definition) is 8. The van der Waals surface area contributed by atoms with Crippen molar-refractivity contribution in [3.63, 3.8) is 0 Å². The summed E-state index contributed by atoms with van der Waals surface area (Å²) in [6.07, 6.45) is 0.535. The lowest BCUT2D eigenvalue weighted by atomic mass is 10.1. The van der Waals surface area contributed by atoms with Gasteiger partial charge in [0.15, 0.2) is 17.8 Å². The molecular weight excluding hydrogens is 431 g/mol. The van der Waals surface area contributed by atoms with Gasteiger partial charge in [-0.3, -0.25) is 0 Å². The molecule has 3 fully saturated rings. The first-order chi connectivity index (χ1) is 16.1. The molecule has 9 nitrogen and oxygen atoms in total. The number of aliphatic hydroxyl groups is 1. The van der Waals surface area contributed by atoms with Gasteiger partial charge in [-0.1, -0.05) is 0 Å². The van der Waals surface area contributed by atoms with Gasteiger partial charge in [0.1, 0.15) is 29.8 Å². The van der Waals surface area contributed by atoms with Crippen LogP contribution in [0.2, 0.25) is 0 Å². The molecule has 4 atom stereocenters. The van der Waals surface area contributed by atoms with E-state index >= 15 is 4.39 Å². The van der Waals surface area contributed by atoms with Crippen molar-refractivity contribution < 1.29 is 28.4 Å². The second-order valence-corrected chi connectivity index (χ2v) is 8.63. The number of rotatable bonds is 5. The Labute approximate surface area is 189 Å². The van der Waals surface area contributed by atoms with Crippen LogP contribution >= 0.6 is 0 Å². The highest BCUT2D eigenvalue weighted by molar-refractivity contribution is 5.82. The van der Waals surface area contributed by atoms with Crippen LogP contribution in [0.3, 0.4) is 0 Å². The topological polar surface area (TPSA) is 102 Å². The SMILES string of the molecule is COc1nc(N2CCCC2)ccc1-c1nc2cc(O[C@@H]3CO[C@H]4[C@@H]3OC[C@H]4O)[nH]c2cc1F. The highest BCUT2D eigenvalue weighted by atomic mass is 19.1. The van der Waals surface area contributed by atoms with E-state index in [2.05, 4.69) is 19.9 Å². The van der Waals surface area contributed by atoms with Gasteiger partial charge in [0.2, 0.25) is 5.88 Å². The van der Waals surface area contributed by atoms with Crippen molar-refractivity contribution in [2.24, 2.45) is 0 Å². The lowest BCUT2D eigenvalue weighted by Crippen LogP contribution is -2.34. The van der Waals surface area contributed by atoms with Crippen molar-refractivity contribution >= 4 is 16.9 Å². The monoisotopic (exact) mass is 456 g/mol. The number of aromatic nitrogens is 3. The summed E-state index contributed by atoms with van der Waals surface area (Å²) in [6, 6.07) is 6.80. The minimum Gasteiger partial charge on any atom is -0.480 e. The second-order valence-electron chi connectivity index (χ2n) is 8.63. The van der Waals surface area contributed by atoms with Crippen LogP contribution in [0.4, 0.5) is 10.2 Å². The largest absolute Gasteiger partial charge is 0.480 e. The molecular formula is C23H25FN4O5. The summed E-state index contributed by atoms with van der Waals surface area (Å²) in [5.41, 5.74) is 1.71. The van der Waals surface area contributed by atoms with Gasteiger partial charge < -0.3 is 33.9 Å². The van der Waals surface area contributed by atoms with E-state index in [1.54, 1.807) is 12.1 Å². The van der Waals surface area contributed by atoms with Crippen LogP contribution in [0.15, 0.2) is 24.3 Å². The van der Waals surface area contributed by atoms with E-state index in [-0.39, 0.29) is 30.6 Å². The van der Waals surface area contributed by atoms with Crippen molar-refractivity contribution in [1.82, 2.24) is 15.0 Å². The third-order valence-electron chi connectivity index (χ3n) is 6.52. The normalized spacial score (nSPS) is 26.8. The van der Waals surface area contributed by atoms with Crippen LogP contribution < -0.4 is 14.4 Å². The molecule has 0 radical (unpaired) electrons. The van der Waals surface area contributed by atoms with Crippen LogP contribution in [-0.4, -0.2) is 77.9 Å². The fourth-order valence-electron chi connectivity index (χ4n) is 4.86. The highest BCUT2D eigenvalue weighted by Gasteiger charge is 2.48. The molecule has 3 aromatic heterocycles. The quantitative estimate of drug-likeness (QED) is 0.603. The molecule has 3 saturated heterocycles. The van der Waals surface area contributed by atoms with E-state index in [0.717, 1.165) is 31.7 Å². The Balaban J connectivity index is 1.29. The van der Waals surface area contributed by atoms with Crippen LogP contribution in [-0.2, 0) is 9.47 Å². The van der Waals surface area contributed by atoms with Crippen LogP contribution in [0.25, 0.3) is 22.3 Å². The van der Waals surface area contributed by atoms with Crippen molar-refractivity contribution in [3.05, 3.63) is 30.1 Å². The summed E-state index contributed by atoms with van der Waals surface area (Å²) in [5, 5.41) is 9.91. The molecule has 3 aliphatic heterocycles. The lowest BCUT2D eigenvalue weighted by Gasteiger charge is -2.18. The van der Waals surface area contributed by atoms with E-state index < -0.39 is 11.9 Å². The van der Waals surface area contributed by atoms with Crippen LogP contribution in [0.5, 0.6) is 11.8 Å². The third-order valence-corrected chi connectivity index (χ3v) is 6.52. The Morgan fingerprint density at radius 2 is 1.94 bits per heavy atom. The van der Waals surface area contributed by atoms with E-state index in [4.69, 9.17) is 18.9 Å². The number of anilines is 1. The average Bonchev–Trinajstić information content (AvgIpc) is 3.60. The number of pyridine rings is 2. The number of ether oxygens (including phenoxy) is 4. The van der Waals surface area contributed by atoms with Gasteiger partial charge in [-0.2, -0.15) is 4.98 Å². The molecule has 0 spiro atoms. The molecule has 0 aromatic carbocycles. The number of H-pyrrole nitrogens is 1. The van der Waals surface area contributed by atoms with Crippen LogP contribution in [0.1, 0.15) is 12.8 Å². The zero-order valence-electron chi connectivity index (χ0n) is 18.2. The van der Waals surface area contributed by atoms with E-state index in [1.165, 1.54) is 13.2 Å².